The van der Waals surface area contributed by atoms with Gasteiger partial charge in [0, 0.05) is 39.3 Å². The predicted molar refractivity (Wildman–Crippen MR) is 71.8 cm³/mol. The van der Waals surface area contributed by atoms with Crippen molar-refractivity contribution in [2.75, 3.05) is 59.6 Å². The van der Waals surface area contributed by atoms with E-state index in [0.29, 0.717) is 39.1 Å². The predicted octanol–water partition coefficient (Wildman–Crippen LogP) is -2.69. The van der Waals surface area contributed by atoms with Gasteiger partial charge < -0.3 is 30.4 Å². The third-order valence-electron chi connectivity index (χ3n) is 2.84. The van der Waals surface area contributed by atoms with Crippen LogP contribution in [-0.2, 0) is 0 Å². The minimum absolute atomic E-state index is 0.0881. The number of nitrogens with zero attached hydrogens (tertiary/aromatic N) is 2. The van der Waals surface area contributed by atoms with Crippen molar-refractivity contribution in [2.45, 2.75) is 18.6 Å². The molecule has 0 aromatic rings. The molecule has 0 aliphatic heterocycles. The fourth-order valence-corrected chi connectivity index (χ4v) is 1.77. The van der Waals surface area contributed by atoms with Crippen LogP contribution >= 0.6 is 0 Å². The van der Waals surface area contributed by atoms with Crippen molar-refractivity contribution in [1.82, 2.24) is 9.80 Å². The van der Waals surface area contributed by atoms with Gasteiger partial charge in [-0.15, -0.1) is 0 Å². The van der Waals surface area contributed by atoms with Gasteiger partial charge in [0.15, 0.2) is 0 Å². The van der Waals surface area contributed by atoms with Crippen LogP contribution in [0.25, 0.3) is 0 Å². The van der Waals surface area contributed by atoms with Crippen LogP contribution in [0, 0.1) is 0 Å². The fourth-order valence-electron chi connectivity index (χ4n) is 1.77. The monoisotopic (exact) mass is 280 g/mol. The Morgan fingerprint density at radius 3 is 1.95 bits per heavy atom. The maximum atomic E-state index is 9.44. The molecule has 0 saturated carbocycles. The van der Waals surface area contributed by atoms with Crippen LogP contribution in [0.5, 0.6) is 0 Å². The highest BCUT2D eigenvalue weighted by molar-refractivity contribution is 4.67. The molecule has 0 bridgehead atoms. The molecular formula is C12H28N2O5. The van der Waals surface area contributed by atoms with Gasteiger partial charge in [-0.2, -0.15) is 0 Å². The number of likely N-dealkylation sites (N-methyl/N-ethyl adjacent to an activating group) is 1. The van der Waals surface area contributed by atoms with Gasteiger partial charge >= 0.3 is 0 Å². The van der Waals surface area contributed by atoms with Gasteiger partial charge in [-0.25, -0.2) is 0 Å². The molecule has 0 saturated heterocycles. The summed E-state index contributed by atoms with van der Waals surface area (Å²) in [6.07, 6.45) is -0.924. The molecule has 0 radical (unpaired) electrons. The quantitative estimate of drug-likeness (QED) is 0.265. The van der Waals surface area contributed by atoms with E-state index in [2.05, 4.69) is 0 Å². The molecule has 0 amide bonds. The van der Waals surface area contributed by atoms with Crippen LogP contribution in [0.3, 0.4) is 0 Å². The molecule has 0 aromatic heterocycles. The van der Waals surface area contributed by atoms with E-state index in [1.54, 1.807) is 0 Å². The molecule has 2 atom stereocenters. The normalized spacial score (nSPS) is 15.2. The van der Waals surface area contributed by atoms with Crippen molar-refractivity contribution < 1.29 is 25.5 Å². The van der Waals surface area contributed by atoms with Gasteiger partial charge in [-0.3, -0.25) is 4.90 Å². The Bertz CT molecular complexity index is 209. The van der Waals surface area contributed by atoms with E-state index in [1.165, 1.54) is 0 Å². The Labute approximate surface area is 114 Å². The first-order valence-corrected chi connectivity index (χ1v) is 6.63. The van der Waals surface area contributed by atoms with Crippen LogP contribution in [0.1, 0.15) is 6.42 Å². The summed E-state index contributed by atoms with van der Waals surface area (Å²) in [6, 6.07) is 0. The van der Waals surface area contributed by atoms with Gasteiger partial charge in [-0.1, -0.05) is 0 Å². The van der Waals surface area contributed by atoms with Crippen molar-refractivity contribution in [3.8, 4) is 0 Å². The van der Waals surface area contributed by atoms with Crippen LogP contribution in [0.2, 0.25) is 0 Å². The lowest BCUT2D eigenvalue weighted by molar-refractivity contribution is 0.0458. The fraction of sp³-hybridized carbons (Fsp3) is 1.00. The maximum absolute atomic E-state index is 9.44. The van der Waals surface area contributed by atoms with Crippen molar-refractivity contribution in [3.05, 3.63) is 0 Å². The van der Waals surface area contributed by atoms with E-state index in [4.69, 9.17) is 15.3 Å². The molecule has 19 heavy (non-hydrogen) atoms. The average Bonchev–Trinajstić information content (AvgIpc) is 2.41. The molecule has 0 fully saturated rings. The zero-order chi connectivity index (χ0) is 14.7. The van der Waals surface area contributed by atoms with E-state index in [1.807, 2.05) is 16.8 Å². The van der Waals surface area contributed by atoms with Gasteiger partial charge in [0.2, 0.25) is 0 Å². The highest BCUT2D eigenvalue weighted by Gasteiger charge is 2.12. The summed E-state index contributed by atoms with van der Waals surface area (Å²) in [7, 11) is 1.84. The molecule has 116 valence electrons. The smallest absolute Gasteiger partial charge is 0.0897 e. The van der Waals surface area contributed by atoms with Crippen molar-refractivity contribution in [2.24, 2.45) is 0 Å². The second kappa shape index (κ2) is 11.5. The summed E-state index contributed by atoms with van der Waals surface area (Å²) in [6.45, 7) is 2.25. The molecule has 0 spiro atoms. The van der Waals surface area contributed by atoms with Gasteiger partial charge in [0.05, 0.1) is 25.4 Å². The summed E-state index contributed by atoms with van der Waals surface area (Å²) in [5, 5.41) is 45.2. The Hall–Kier alpha value is -0.280. The van der Waals surface area contributed by atoms with Crippen molar-refractivity contribution in [3.63, 3.8) is 0 Å². The third-order valence-corrected chi connectivity index (χ3v) is 2.84. The lowest BCUT2D eigenvalue weighted by atomic mass is 10.3. The Kier molecular flexibility index (Phi) is 11.4. The topological polar surface area (TPSA) is 108 Å². The van der Waals surface area contributed by atoms with Crippen molar-refractivity contribution >= 4 is 0 Å². The summed E-state index contributed by atoms with van der Waals surface area (Å²) >= 11 is 0. The Morgan fingerprint density at radius 2 is 1.42 bits per heavy atom. The highest BCUT2D eigenvalue weighted by atomic mass is 16.3. The zero-order valence-electron chi connectivity index (χ0n) is 11.6. The number of hydrogen-bond acceptors (Lipinski definition) is 7. The molecular weight excluding hydrogens is 252 g/mol. The van der Waals surface area contributed by atoms with Gasteiger partial charge in [0.25, 0.3) is 0 Å². The largest absolute Gasteiger partial charge is 0.396 e. The minimum Gasteiger partial charge on any atom is -0.396 e. The molecule has 5 N–H and O–H groups in total. The van der Waals surface area contributed by atoms with Crippen LogP contribution in [0.4, 0.5) is 0 Å². The standard InChI is InChI=1S/C12H28N2O5/c1-13(7-11(18)9-16)4-5-14(3-2-6-15)8-12(19)10-17/h11-12,15-19H,2-10H2,1H3. The average molecular weight is 280 g/mol. The lowest BCUT2D eigenvalue weighted by Gasteiger charge is -2.27. The summed E-state index contributed by atoms with van der Waals surface area (Å²) < 4.78 is 0. The number of rotatable bonds is 12. The SMILES string of the molecule is CN(CCN(CCCO)CC(O)CO)CC(O)CO. The molecule has 0 aromatic carbocycles. The van der Waals surface area contributed by atoms with Crippen LogP contribution in [-0.4, -0.2) is 107 Å². The summed E-state index contributed by atoms with van der Waals surface area (Å²) in [5.74, 6) is 0. The zero-order valence-corrected chi connectivity index (χ0v) is 11.6. The molecule has 0 rings (SSSR count). The van der Waals surface area contributed by atoms with E-state index < -0.39 is 12.2 Å². The Morgan fingerprint density at radius 1 is 0.842 bits per heavy atom. The molecule has 0 aliphatic carbocycles. The molecule has 7 nitrogen and oxygen atoms in total. The minimum atomic E-state index is -0.785. The first kappa shape index (κ1) is 18.7. The van der Waals surface area contributed by atoms with Gasteiger partial charge in [0.1, 0.15) is 0 Å². The lowest BCUT2D eigenvalue weighted by Crippen LogP contribution is -2.41. The first-order valence-electron chi connectivity index (χ1n) is 6.63. The Balaban J connectivity index is 4.01. The molecule has 7 heteroatoms. The van der Waals surface area contributed by atoms with Crippen LogP contribution in [0.15, 0.2) is 0 Å². The van der Waals surface area contributed by atoms with E-state index in [0.717, 1.165) is 0 Å². The number of hydrogen-bond donors (Lipinski definition) is 5. The number of aliphatic hydroxyl groups is 5. The third kappa shape index (κ3) is 10.2. The highest BCUT2D eigenvalue weighted by Crippen LogP contribution is 1.97. The van der Waals surface area contributed by atoms with E-state index >= 15 is 0 Å². The first-order chi connectivity index (χ1) is 9.03. The van der Waals surface area contributed by atoms with Crippen molar-refractivity contribution in [1.29, 1.82) is 0 Å². The van der Waals surface area contributed by atoms with E-state index in [9.17, 15) is 10.2 Å². The van der Waals surface area contributed by atoms with Crippen LogP contribution < -0.4 is 0 Å². The van der Waals surface area contributed by atoms with E-state index in [-0.39, 0.29) is 19.8 Å². The summed E-state index contributed by atoms with van der Waals surface area (Å²) in [5.41, 5.74) is 0. The molecule has 2 unspecified atom stereocenters. The molecule has 0 heterocycles. The van der Waals surface area contributed by atoms with Gasteiger partial charge in [-0.05, 0) is 13.5 Å². The second-order valence-electron chi connectivity index (χ2n) is 4.81. The maximum Gasteiger partial charge on any atom is 0.0897 e. The molecule has 0 aliphatic rings. The summed E-state index contributed by atoms with van der Waals surface area (Å²) in [4.78, 5) is 3.84. The second-order valence-corrected chi connectivity index (χ2v) is 4.81. The number of aliphatic hydroxyl groups excluding tert-OH is 5.